The van der Waals surface area contributed by atoms with E-state index in [0.29, 0.717) is 0 Å². The molecular weight excluding hydrogens is 386 g/mol. The van der Waals surface area contributed by atoms with Crippen molar-refractivity contribution in [2.75, 3.05) is 0 Å². The zero-order valence-electron chi connectivity index (χ0n) is 21.0. The van der Waals surface area contributed by atoms with E-state index in [1.54, 1.807) is 16.7 Å². The van der Waals surface area contributed by atoms with Gasteiger partial charge in [-0.3, -0.25) is 0 Å². The molecule has 1 nitrogen and oxygen atoms in total. The zero-order valence-corrected chi connectivity index (χ0v) is 21.0. The molecule has 2 aromatic carbocycles. The summed E-state index contributed by atoms with van der Waals surface area (Å²) in [5, 5.41) is 2.70. The Morgan fingerprint density at radius 2 is 1.16 bits per heavy atom. The average Bonchev–Trinajstić information content (AvgIpc) is 2.81. The SMILES string of the molecule is CCCCCCc1cc2nc3ccccc3cc2c(CCCCCC)c1CCCCCC. The Hall–Kier alpha value is -1.89. The number of para-hydroxylation sites is 1. The number of pyridine rings is 1. The van der Waals surface area contributed by atoms with Crippen molar-refractivity contribution in [3.05, 3.63) is 53.1 Å². The third-order valence-corrected chi connectivity index (χ3v) is 7.00. The van der Waals surface area contributed by atoms with Crippen LogP contribution in [0.5, 0.6) is 0 Å². The van der Waals surface area contributed by atoms with E-state index < -0.39 is 0 Å². The molecule has 1 aromatic heterocycles. The maximum Gasteiger partial charge on any atom is 0.0715 e. The molecule has 0 radical (unpaired) electrons. The fraction of sp³-hybridized carbons (Fsp3) is 0.581. The summed E-state index contributed by atoms with van der Waals surface area (Å²) < 4.78 is 0. The van der Waals surface area contributed by atoms with Gasteiger partial charge in [0, 0.05) is 10.8 Å². The third kappa shape index (κ3) is 6.80. The fourth-order valence-corrected chi connectivity index (χ4v) is 5.11. The Bertz CT molecular complexity index is 955. The van der Waals surface area contributed by atoms with Gasteiger partial charge in [-0.15, -0.1) is 0 Å². The van der Waals surface area contributed by atoms with Crippen LogP contribution in [0.1, 0.15) is 115 Å². The van der Waals surface area contributed by atoms with Crippen molar-refractivity contribution in [1.29, 1.82) is 0 Å². The summed E-state index contributed by atoms with van der Waals surface area (Å²) in [6.07, 6.45) is 19.6. The van der Waals surface area contributed by atoms with Crippen LogP contribution in [-0.4, -0.2) is 4.98 Å². The molecule has 0 bridgehead atoms. The molecule has 0 spiro atoms. The quantitative estimate of drug-likeness (QED) is 0.172. The van der Waals surface area contributed by atoms with Crippen molar-refractivity contribution in [3.8, 4) is 0 Å². The predicted molar refractivity (Wildman–Crippen MR) is 143 cm³/mol. The van der Waals surface area contributed by atoms with Crippen molar-refractivity contribution in [2.45, 2.75) is 117 Å². The smallest absolute Gasteiger partial charge is 0.0715 e. The first-order valence-electron chi connectivity index (χ1n) is 13.6. The molecule has 0 aliphatic heterocycles. The minimum Gasteiger partial charge on any atom is -0.248 e. The topological polar surface area (TPSA) is 12.9 Å². The number of aromatic nitrogens is 1. The van der Waals surface area contributed by atoms with Gasteiger partial charge < -0.3 is 0 Å². The monoisotopic (exact) mass is 431 g/mol. The van der Waals surface area contributed by atoms with E-state index in [1.807, 2.05) is 0 Å². The summed E-state index contributed by atoms with van der Waals surface area (Å²) >= 11 is 0. The first kappa shape index (κ1) is 24.7. The third-order valence-electron chi connectivity index (χ3n) is 7.00. The minimum absolute atomic E-state index is 1.13. The van der Waals surface area contributed by atoms with Crippen molar-refractivity contribution in [1.82, 2.24) is 4.98 Å². The number of fused-ring (bicyclic) bond motifs is 2. The second kappa shape index (κ2) is 13.6. The first-order chi connectivity index (χ1) is 15.8. The van der Waals surface area contributed by atoms with Crippen LogP contribution in [0.3, 0.4) is 0 Å². The minimum atomic E-state index is 1.13. The fourth-order valence-electron chi connectivity index (χ4n) is 5.11. The van der Waals surface area contributed by atoms with Crippen molar-refractivity contribution >= 4 is 21.8 Å². The van der Waals surface area contributed by atoms with Crippen LogP contribution in [0.25, 0.3) is 21.8 Å². The molecule has 0 unspecified atom stereocenters. The maximum absolute atomic E-state index is 5.14. The lowest BCUT2D eigenvalue weighted by atomic mass is 9.87. The molecule has 0 fully saturated rings. The lowest BCUT2D eigenvalue weighted by Crippen LogP contribution is -2.04. The molecular formula is C31H45N. The van der Waals surface area contributed by atoms with Crippen LogP contribution in [0.15, 0.2) is 36.4 Å². The summed E-state index contributed by atoms with van der Waals surface area (Å²) in [5.74, 6) is 0. The Balaban J connectivity index is 2.03. The molecule has 174 valence electrons. The molecule has 0 atom stereocenters. The lowest BCUT2D eigenvalue weighted by molar-refractivity contribution is 0.641. The van der Waals surface area contributed by atoms with E-state index in [1.165, 1.54) is 113 Å². The van der Waals surface area contributed by atoms with E-state index in [2.05, 4.69) is 57.2 Å². The van der Waals surface area contributed by atoms with Gasteiger partial charge in [0.25, 0.3) is 0 Å². The largest absolute Gasteiger partial charge is 0.248 e. The number of hydrogen-bond acceptors (Lipinski definition) is 1. The molecule has 1 heteroatoms. The summed E-state index contributed by atoms with van der Waals surface area (Å²) in [4.78, 5) is 5.14. The second-order valence-corrected chi connectivity index (χ2v) is 9.67. The summed E-state index contributed by atoms with van der Waals surface area (Å²) in [6.45, 7) is 6.92. The van der Waals surface area contributed by atoms with Gasteiger partial charge in [0.2, 0.25) is 0 Å². The number of rotatable bonds is 15. The van der Waals surface area contributed by atoms with Gasteiger partial charge in [-0.05, 0) is 73.4 Å². The number of benzene rings is 2. The molecule has 0 saturated carbocycles. The second-order valence-electron chi connectivity index (χ2n) is 9.67. The standard InChI is InChI=1S/C31H45N/c1-4-7-10-13-18-25-24-31-29(23-26-19-16-17-22-30(26)32-31)28(21-15-12-9-6-3)27(25)20-14-11-8-5-2/h16-17,19,22-24H,4-15,18,20-21H2,1-3H3. The Morgan fingerprint density at radius 1 is 0.562 bits per heavy atom. The van der Waals surface area contributed by atoms with E-state index in [0.717, 1.165) is 5.52 Å². The lowest BCUT2D eigenvalue weighted by Gasteiger charge is -2.19. The molecule has 1 heterocycles. The van der Waals surface area contributed by atoms with E-state index in [-0.39, 0.29) is 0 Å². The summed E-state index contributed by atoms with van der Waals surface area (Å²) in [7, 11) is 0. The van der Waals surface area contributed by atoms with Gasteiger partial charge in [-0.1, -0.05) is 96.8 Å². The molecule has 0 N–H and O–H groups in total. The van der Waals surface area contributed by atoms with Crippen LogP contribution in [0.4, 0.5) is 0 Å². The highest BCUT2D eigenvalue weighted by molar-refractivity contribution is 5.95. The molecule has 32 heavy (non-hydrogen) atoms. The highest BCUT2D eigenvalue weighted by atomic mass is 14.7. The molecule has 0 amide bonds. The van der Waals surface area contributed by atoms with Crippen molar-refractivity contribution in [3.63, 3.8) is 0 Å². The van der Waals surface area contributed by atoms with Gasteiger partial charge in [-0.25, -0.2) is 4.98 Å². The van der Waals surface area contributed by atoms with Crippen molar-refractivity contribution < 1.29 is 0 Å². The van der Waals surface area contributed by atoms with E-state index >= 15 is 0 Å². The first-order valence-corrected chi connectivity index (χ1v) is 13.6. The maximum atomic E-state index is 5.14. The molecule has 3 aromatic rings. The molecule has 3 rings (SSSR count). The normalized spacial score (nSPS) is 11.6. The van der Waals surface area contributed by atoms with Crippen LogP contribution >= 0.6 is 0 Å². The van der Waals surface area contributed by atoms with Gasteiger partial charge in [0.1, 0.15) is 0 Å². The number of unbranched alkanes of at least 4 members (excludes halogenated alkanes) is 9. The van der Waals surface area contributed by atoms with E-state index in [4.69, 9.17) is 4.98 Å². The highest BCUT2D eigenvalue weighted by Crippen LogP contribution is 2.32. The zero-order chi connectivity index (χ0) is 22.6. The van der Waals surface area contributed by atoms with Gasteiger partial charge >= 0.3 is 0 Å². The molecule has 0 aliphatic rings. The van der Waals surface area contributed by atoms with Crippen LogP contribution < -0.4 is 0 Å². The van der Waals surface area contributed by atoms with Crippen LogP contribution in [0.2, 0.25) is 0 Å². The Morgan fingerprint density at radius 3 is 1.81 bits per heavy atom. The van der Waals surface area contributed by atoms with Gasteiger partial charge in [0.05, 0.1) is 11.0 Å². The van der Waals surface area contributed by atoms with Crippen LogP contribution in [-0.2, 0) is 19.3 Å². The Kier molecular flexibility index (Phi) is 10.5. The molecule has 0 saturated heterocycles. The number of nitrogens with zero attached hydrogens (tertiary/aromatic N) is 1. The summed E-state index contributed by atoms with van der Waals surface area (Å²) in [6, 6.07) is 13.5. The predicted octanol–water partition coefficient (Wildman–Crippen LogP) is 9.76. The Labute approximate surface area is 197 Å². The number of aryl methyl sites for hydroxylation is 2. The van der Waals surface area contributed by atoms with E-state index in [9.17, 15) is 0 Å². The van der Waals surface area contributed by atoms with Crippen molar-refractivity contribution in [2.24, 2.45) is 0 Å². The van der Waals surface area contributed by atoms with Gasteiger partial charge in [-0.2, -0.15) is 0 Å². The van der Waals surface area contributed by atoms with Gasteiger partial charge in [0.15, 0.2) is 0 Å². The number of hydrogen-bond donors (Lipinski definition) is 0. The summed E-state index contributed by atoms with van der Waals surface area (Å²) in [5.41, 5.74) is 7.25. The van der Waals surface area contributed by atoms with Crippen LogP contribution in [0, 0.1) is 0 Å². The average molecular weight is 432 g/mol. The highest BCUT2D eigenvalue weighted by Gasteiger charge is 2.15. The molecule has 0 aliphatic carbocycles.